The maximum absolute atomic E-state index is 12.2. The van der Waals surface area contributed by atoms with Crippen LogP contribution in [-0.2, 0) is 0 Å². The van der Waals surface area contributed by atoms with Crippen molar-refractivity contribution >= 4 is 112 Å². The van der Waals surface area contributed by atoms with E-state index in [-0.39, 0.29) is 57.8 Å². The van der Waals surface area contributed by atoms with Gasteiger partial charge in [-0.3, -0.25) is 4.79 Å². The van der Waals surface area contributed by atoms with Gasteiger partial charge in [0, 0.05) is 65.0 Å². The number of hydrogen-bond donors (Lipinski definition) is 0. The van der Waals surface area contributed by atoms with E-state index in [9.17, 15) is 4.79 Å². The third-order valence-corrected chi connectivity index (χ3v) is 22.4. The summed E-state index contributed by atoms with van der Waals surface area (Å²) in [5, 5.41) is 0. The Morgan fingerprint density at radius 1 is 0.233 bits per heavy atom. The fourth-order valence-corrected chi connectivity index (χ4v) is 14.5. The summed E-state index contributed by atoms with van der Waals surface area (Å²) < 4.78 is 5.72. The van der Waals surface area contributed by atoms with Crippen LogP contribution in [0.15, 0.2) is 297 Å². The van der Waals surface area contributed by atoms with Gasteiger partial charge in [0.2, 0.25) is 0 Å². The van der Waals surface area contributed by atoms with Gasteiger partial charge in [-0.1, -0.05) is 206 Å². The molecule has 103 heavy (non-hydrogen) atoms. The molecule has 0 spiro atoms. The van der Waals surface area contributed by atoms with E-state index in [0.29, 0.717) is 0 Å². The average molecular weight is 1550 g/mol. The van der Waals surface area contributed by atoms with Crippen LogP contribution in [-0.4, -0.2) is 49.6 Å². The van der Waals surface area contributed by atoms with E-state index in [2.05, 4.69) is 264 Å². The molecular weight excluding hydrogens is 1430 g/mol. The maximum Gasteiger partial charge on any atom is 0.193 e. The Morgan fingerprint density at radius 2 is 0.544 bits per heavy atom. The van der Waals surface area contributed by atoms with Gasteiger partial charge in [0.05, 0.1) is 0 Å². The molecule has 0 atom stereocenters. The molecular formula is C92H122O2S9. The topological polar surface area (TPSA) is 26.3 Å². The van der Waals surface area contributed by atoms with E-state index in [1.165, 1.54) is 115 Å². The molecule has 11 aromatic rings. The van der Waals surface area contributed by atoms with Gasteiger partial charge in [-0.25, -0.2) is 0 Å². The van der Waals surface area contributed by atoms with Crippen molar-refractivity contribution in [3.8, 4) is 11.5 Å². The van der Waals surface area contributed by atoms with Crippen molar-refractivity contribution < 1.29 is 9.53 Å². The molecule has 0 saturated carbocycles. The molecule has 11 rings (SSSR count). The standard InChI is InChI=1S/C15H14OS.C15H16S2.C14H14OS.C14H14S2.C10H14S.C9H12S.C8H10S.7CH4/c1-11-3-5-12(6-4-11)15(16)13-7-9-14(17-2)10-8-13;1-11-4-7-13(8-5-11)17-15-10-12(2)6-9-14(15)16-3;1-11-3-5-12(6-4-11)15-13-7-9-14(16-2)10-8-13;1-11-3-5-13(6-4-11)16-14-9-7-12(15-2)8-10-14;1-7-5-9(3)10(11-4)6-8(7)2;1-7-4-5-9(10-3)8(2)6-7;1-7-4-3-5-8(6-7)9-2;;;;;;;/h3-10H,1-2H3;4-10H,1-3H3;2*3-10H,1-2H3;5-6H,1-4H3;4-6H,1-3H3;3-6H,1-2H3;7*1H4. The summed E-state index contributed by atoms with van der Waals surface area (Å²) in [5.74, 6) is 1.84. The number of ether oxygens (including phenoxy) is 1. The minimum Gasteiger partial charge on any atom is -0.457 e. The van der Waals surface area contributed by atoms with Crippen molar-refractivity contribution in [2.45, 2.75) is 182 Å². The normalized spacial score (nSPS) is 9.50. The maximum atomic E-state index is 12.2. The Balaban J connectivity index is -0.00000113. The van der Waals surface area contributed by atoms with Crippen LogP contribution in [0.25, 0.3) is 0 Å². The lowest BCUT2D eigenvalue weighted by atomic mass is 10.0. The zero-order valence-electron chi connectivity index (χ0n) is 59.1. The van der Waals surface area contributed by atoms with Crippen molar-refractivity contribution in [2.75, 3.05) is 43.8 Å². The number of carbonyl (C=O) groups is 1. The Bertz CT molecular complexity index is 3970. The molecule has 11 heteroatoms. The molecule has 0 unspecified atom stereocenters. The first-order valence-corrected chi connectivity index (χ1v) is 41.6. The Morgan fingerprint density at radius 3 is 0.951 bits per heavy atom. The van der Waals surface area contributed by atoms with Crippen LogP contribution < -0.4 is 4.74 Å². The summed E-state index contributed by atoms with van der Waals surface area (Å²) >= 11 is 16.0. The van der Waals surface area contributed by atoms with E-state index in [4.69, 9.17) is 4.74 Å². The van der Waals surface area contributed by atoms with Crippen LogP contribution in [0.4, 0.5) is 0 Å². The predicted molar refractivity (Wildman–Crippen MR) is 484 cm³/mol. The second-order valence-corrected chi connectivity index (χ2v) is 30.9. The highest BCUT2D eigenvalue weighted by atomic mass is 32.2. The van der Waals surface area contributed by atoms with Gasteiger partial charge >= 0.3 is 0 Å². The summed E-state index contributed by atoms with van der Waals surface area (Å²) in [7, 11) is 0. The molecule has 0 aromatic heterocycles. The number of aryl methyl sites for hydroxylation is 11. The lowest BCUT2D eigenvalue weighted by Gasteiger charge is -2.08. The fourth-order valence-electron chi connectivity index (χ4n) is 8.91. The summed E-state index contributed by atoms with van der Waals surface area (Å²) in [6, 6.07) is 83.8. The Hall–Kier alpha value is -5.96. The van der Waals surface area contributed by atoms with Gasteiger partial charge in [-0.15, -0.1) is 82.3 Å². The molecule has 0 radical (unpaired) electrons. The van der Waals surface area contributed by atoms with E-state index in [1.807, 2.05) is 122 Å². The average Bonchev–Trinajstić information content (AvgIpc) is 0.877. The van der Waals surface area contributed by atoms with Crippen molar-refractivity contribution in [3.05, 3.63) is 315 Å². The zero-order chi connectivity index (χ0) is 69.9. The summed E-state index contributed by atoms with van der Waals surface area (Å²) in [5.41, 5.74) is 16.1. The third-order valence-electron chi connectivity index (χ3n) is 14.7. The van der Waals surface area contributed by atoms with Gasteiger partial charge < -0.3 is 4.74 Å². The van der Waals surface area contributed by atoms with Crippen LogP contribution in [0, 0.1) is 76.2 Å². The van der Waals surface area contributed by atoms with Gasteiger partial charge in [-0.2, -0.15) is 0 Å². The summed E-state index contributed by atoms with van der Waals surface area (Å²) in [6.45, 7) is 23.3. The van der Waals surface area contributed by atoms with Crippen molar-refractivity contribution in [1.82, 2.24) is 0 Å². The van der Waals surface area contributed by atoms with E-state index in [0.717, 1.165) is 22.6 Å². The van der Waals surface area contributed by atoms with Gasteiger partial charge in [-0.05, 0) is 293 Å². The third kappa shape index (κ3) is 37.7. The number of rotatable bonds is 15. The number of carbonyl (C=O) groups excluding carboxylic acids is 1. The van der Waals surface area contributed by atoms with Crippen LogP contribution in [0.1, 0.15) is 129 Å². The molecule has 0 aliphatic carbocycles. The van der Waals surface area contributed by atoms with Crippen molar-refractivity contribution in [2.24, 2.45) is 0 Å². The van der Waals surface area contributed by atoms with Gasteiger partial charge in [0.15, 0.2) is 5.78 Å². The number of hydrogen-bond acceptors (Lipinski definition) is 11. The smallest absolute Gasteiger partial charge is 0.193 e. The number of benzene rings is 11. The van der Waals surface area contributed by atoms with Crippen LogP contribution >= 0.6 is 106 Å². The summed E-state index contributed by atoms with van der Waals surface area (Å²) in [4.78, 5) is 26.6. The molecule has 2 nitrogen and oxygen atoms in total. The van der Waals surface area contributed by atoms with E-state index >= 15 is 0 Å². The highest BCUT2D eigenvalue weighted by Crippen LogP contribution is 2.36. The van der Waals surface area contributed by atoms with E-state index < -0.39 is 0 Å². The highest BCUT2D eigenvalue weighted by molar-refractivity contribution is 8.02. The second kappa shape index (κ2) is 55.5. The van der Waals surface area contributed by atoms with Crippen molar-refractivity contribution in [3.63, 3.8) is 0 Å². The van der Waals surface area contributed by atoms with Crippen molar-refractivity contribution in [1.29, 1.82) is 0 Å². The minimum absolute atomic E-state index is 0. The molecule has 0 heterocycles. The molecule has 0 fully saturated rings. The second-order valence-electron chi connectivity index (χ2n) is 22.6. The SMILES string of the molecule is C.C.C.C.C.C.C.CSc1cc(C)c(C)cc1C.CSc1ccc(C(=O)c2ccc(C)cc2)cc1.CSc1ccc(C)cc1C.CSc1ccc(C)cc1Sc1ccc(C)cc1.CSc1ccc(Oc2ccc(C)cc2)cc1.CSc1ccc(Sc2ccc(C)cc2)cc1.CSc1cccc(C)c1. The Kier molecular flexibility index (Phi) is 54.5. The molecule has 0 bridgehead atoms. The molecule has 556 valence electrons. The lowest BCUT2D eigenvalue weighted by molar-refractivity contribution is 0.103. The molecule has 11 aromatic carbocycles. The molecule has 0 aliphatic heterocycles. The van der Waals surface area contributed by atoms with Gasteiger partial charge in [0.25, 0.3) is 0 Å². The quantitative estimate of drug-likeness (QED) is 0.0726. The summed E-state index contributed by atoms with van der Waals surface area (Å²) in [6.07, 6.45) is 14.6. The predicted octanol–water partition coefficient (Wildman–Crippen LogP) is 32.0. The largest absolute Gasteiger partial charge is 0.457 e. The van der Waals surface area contributed by atoms with E-state index in [1.54, 1.807) is 82.3 Å². The Labute approximate surface area is 667 Å². The first-order valence-electron chi connectivity index (χ1n) is 31.4. The molecule has 0 saturated heterocycles. The number of thioether (sulfide) groups is 7. The highest BCUT2D eigenvalue weighted by Gasteiger charge is 2.09. The van der Waals surface area contributed by atoms with Gasteiger partial charge in [0.1, 0.15) is 11.5 Å². The van der Waals surface area contributed by atoms with Crippen LogP contribution in [0.2, 0.25) is 0 Å². The number of ketones is 1. The first kappa shape index (κ1) is 101. The molecule has 0 aliphatic rings. The fraction of sp³-hybridized carbons (Fsp3) is 0.272. The van der Waals surface area contributed by atoms with Crippen LogP contribution in [0.5, 0.6) is 11.5 Å². The lowest BCUT2D eigenvalue weighted by Crippen LogP contribution is -2.00. The first-order chi connectivity index (χ1) is 46.1. The minimum atomic E-state index is 0. The van der Waals surface area contributed by atoms with Crippen LogP contribution in [0.3, 0.4) is 0 Å². The molecule has 0 N–H and O–H groups in total. The monoisotopic (exact) mass is 1550 g/mol. The molecule has 0 amide bonds. The zero-order valence-corrected chi connectivity index (χ0v) is 66.4.